The van der Waals surface area contributed by atoms with Crippen molar-refractivity contribution >= 4 is 11.9 Å². The van der Waals surface area contributed by atoms with Crippen LogP contribution >= 0.6 is 0 Å². The molecule has 8 aromatic carbocycles. The lowest BCUT2D eigenvalue weighted by atomic mass is 9.91. The molecule has 0 spiro atoms. The summed E-state index contributed by atoms with van der Waals surface area (Å²) in [6.07, 6.45) is 30.0. The maximum absolute atomic E-state index is 16.1. The van der Waals surface area contributed by atoms with Crippen molar-refractivity contribution in [1.29, 1.82) is 0 Å². The van der Waals surface area contributed by atoms with E-state index in [1.807, 2.05) is 218 Å². The molecule has 15 nitrogen and oxygen atoms in total. The van der Waals surface area contributed by atoms with Crippen molar-refractivity contribution < 1.29 is 71.2 Å². The first kappa shape index (κ1) is 105. The Kier molecular flexibility index (Phi) is 52.9. The average molecular weight is 1800 g/mol. The van der Waals surface area contributed by atoms with E-state index >= 15 is 9.59 Å². The Morgan fingerprint density at radius 2 is 0.435 bits per heavy atom. The zero-order valence-corrected chi connectivity index (χ0v) is 80.2. The molecule has 0 bridgehead atoms. The van der Waals surface area contributed by atoms with Gasteiger partial charge in [-0.1, -0.05) is 489 Å². The molecule has 131 heavy (non-hydrogen) atoms. The second-order valence-electron chi connectivity index (χ2n) is 36.7. The van der Waals surface area contributed by atoms with E-state index in [1.54, 1.807) is 0 Å². The Bertz CT molecular complexity index is 3830. The zero-order chi connectivity index (χ0) is 91.3. The Balaban J connectivity index is 1.06. The Morgan fingerprint density at radius 1 is 0.237 bits per heavy atom. The SMILES string of the molecule is CCCCCCCCCCC[C@H](OCc1ccccc1)[C@H](CCCCCCCCCC)C(=O)OC[C@H]1O[C@H](O[C@H]2O[C@H](COC(=O)[C@H](CCCCCCCCCC)[C@@H](CCCCCCCCCCC)OCc3ccccc3)[C@@H](OCc3ccccc3)[C@H](OCc3ccccc3)[C@H]2OCc2ccccc2)[C@H](OCc2ccccc2)[C@@H](OCc2ccccc2)[C@@H]1OCc1ccccc1. The third kappa shape index (κ3) is 40.8. The molecule has 2 saturated heterocycles. The van der Waals surface area contributed by atoms with Crippen molar-refractivity contribution in [1.82, 2.24) is 0 Å². The Morgan fingerprint density at radius 3 is 0.672 bits per heavy atom. The van der Waals surface area contributed by atoms with Crippen LogP contribution in [0.5, 0.6) is 0 Å². The van der Waals surface area contributed by atoms with Crippen molar-refractivity contribution in [2.75, 3.05) is 13.2 Å². The molecule has 0 aliphatic carbocycles. The molecule has 0 N–H and O–H groups in total. The van der Waals surface area contributed by atoms with Crippen molar-refractivity contribution in [2.24, 2.45) is 11.8 Å². The van der Waals surface area contributed by atoms with Gasteiger partial charge in [-0.25, -0.2) is 0 Å². The number of carbonyl (C=O) groups is 2. The first-order valence-electron chi connectivity index (χ1n) is 51.3. The van der Waals surface area contributed by atoms with Crippen LogP contribution in [0.4, 0.5) is 0 Å². The van der Waals surface area contributed by atoms with E-state index in [2.05, 4.69) is 52.0 Å². The van der Waals surface area contributed by atoms with Gasteiger partial charge in [0.15, 0.2) is 12.6 Å². The standard InChI is InChI=1S/C116H162O15/c1-5-9-13-17-21-25-29-33-61-81-103(119-83-93-63-43-35-44-64-93)101(79-59-31-27-23-19-15-11-7-3)113(117)127-91-105-107(121-85-95-67-47-37-48-68-95)109(123-87-97-71-51-39-52-72-97)111(125-89-99-75-55-41-56-76-99)115(129-105)131-116-112(126-90-100-77-57-42-58-78-100)110(124-88-98-73-53-40-54-74-98)108(122-86-96-69-49-38-50-70-96)106(130-116)92-128-114(118)102(80-60-32-28-24-20-16-12-8-4)104(120-84-94-65-45-36-46-66-94)82-62-34-30-26-22-18-14-10-6-2/h35-58,63-78,101-112,115-116H,5-34,59-62,79-92H2,1-4H3/t101-,102+,103-,104+,105-,106-,107-,108-,109+,110+,111-,112-,115-,116-/m1/s1. The van der Waals surface area contributed by atoms with Crippen LogP contribution in [0.15, 0.2) is 243 Å². The van der Waals surface area contributed by atoms with Crippen LogP contribution in [-0.4, -0.2) is 98.8 Å². The lowest BCUT2D eigenvalue weighted by Crippen LogP contribution is -2.66. The summed E-state index contributed by atoms with van der Waals surface area (Å²) < 4.78 is 95.8. The quantitative estimate of drug-likeness (QED) is 0.0262. The van der Waals surface area contributed by atoms with Crippen molar-refractivity contribution in [3.05, 3.63) is 287 Å². The van der Waals surface area contributed by atoms with Gasteiger partial charge in [-0.2, -0.15) is 0 Å². The fourth-order valence-electron chi connectivity index (χ4n) is 18.2. The second kappa shape index (κ2) is 65.8. The highest BCUT2D eigenvalue weighted by Crippen LogP contribution is 2.39. The number of ether oxygens (including phenoxy) is 13. The van der Waals surface area contributed by atoms with Crippen molar-refractivity contribution in [2.45, 2.75) is 398 Å². The fraction of sp³-hybridized carbons (Fsp3) is 0.569. The normalized spacial score (nSPS) is 19.5. The molecule has 2 aliphatic heterocycles. The van der Waals surface area contributed by atoms with Crippen LogP contribution in [0.3, 0.4) is 0 Å². The summed E-state index contributed by atoms with van der Waals surface area (Å²) in [6, 6.07) is 81.1. The number of esters is 2. The molecule has 0 radical (unpaired) electrons. The molecule has 0 unspecified atom stereocenters. The minimum absolute atomic E-state index is 0.111. The highest BCUT2D eigenvalue weighted by Gasteiger charge is 2.55. The van der Waals surface area contributed by atoms with Crippen LogP contribution < -0.4 is 0 Å². The van der Waals surface area contributed by atoms with E-state index in [9.17, 15) is 0 Å². The maximum atomic E-state index is 16.1. The summed E-state index contributed by atoms with van der Waals surface area (Å²) in [7, 11) is 0. The van der Waals surface area contributed by atoms with Gasteiger partial charge in [0.1, 0.15) is 62.0 Å². The Hall–Kier alpha value is -7.74. The van der Waals surface area contributed by atoms with Crippen LogP contribution in [0, 0.1) is 11.8 Å². The molecule has 2 aliphatic rings. The summed E-state index contributed by atoms with van der Waals surface area (Å²) in [5, 5.41) is 0. The molecule has 2 fully saturated rings. The zero-order valence-electron chi connectivity index (χ0n) is 80.2. The van der Waals surface area contributed by atoms with Gasteiger partial charge >= 0.3 is 11.9 Å². The van der Waals surface area contributed by atoms with E-state index in [0.29, 0.717) is 38.9 Å². The van der Waals surface area contributed by atoms with E-state index in [1.165, 1.54) is 128 Å². The first-order chi connectivity index (χ1) is 64.8. The van der Waals surface area contributed by atoms with Crippen LogP contribution in [-0.2, 0) is 124 Å². The summed E-state index contributed by atoms with van der Waals surface area (Å²) in [5.41, 5.74) is 7.57. The van der Waals surface area contributed by atoms with Gasteiger partial charge in [-0.05, 0) is 70.2 Å². The molecule has 0 saturated carbocycles. The number of carbonyl (C=O) groups excluding carboxylic acids is 2. The highest BCUT2D eigenvalue weighted by molar-refractivity contribution is 5.73. The molecule has 8 aromatic rings. The molecule has 14 atom stereocenters. The minimum atomic E-state index is -1.38. The van der Waals surface area contributed by atoms with Gasteiger partial charge in [0.2, 0.25) is 0 Å². The highest BCUT2D eigenvalue weighted by atomic mass is 16.8. The number of unbranched alkanes of at least 4 members (excludes halogenated alkanes) is 30. The van der Waals surface area contributed by atoms with Crippen molar-refractivity contribution in [3.63, 3.8) is 0 Å². The van der Waals surface area contributed by atoms with Crippen LogP contribution in [0.25, 0.3) is 0 Å². The molecule has 716 valence electrons. The number of benzene rings is 8. The topological polar surface area (TPSA) is 154 Å². The second-order valence-corrected chi connectivity index (χ2v) is 36.7. The van der Waals surface area contributed by atoms with Gasteiger partial charge < -0.3 is 61.6 Å². The molecule has 0 amide bonds. The lowest BCUT2D eigenvalue weighted by molar-refractivity contribution is -0.394. The van der Waals surface area contributed by atoms with Crippen molar-refractivity contribution in [3.8, 4) is 0 Å². The predicted octanol–water partition coefficient (Wildman–Crippen LogP) is 28.4. The van der Waals surface area contributed by atoms with Crippen LogP contribution in [0.1, 0.15) is 316 Å². The van der Waals surface area contributed by atoms with Crippen LogP contribution in [0.2, 0.25) is 0 Å². The summed E-state index contributed by atoms with van der Waals surface area (Å²) in [4.78, 5) is 32.2. The maximum Gasteiger partial charge on any atom is 0.311 e. The first-order valence-corrected chi connectivity index (χ1v) is 51.3. The number of hydrogen-bond acceptors (Lipinski definition) is 15. The van der Waals surface area contributed by atoms with Gasteiger partial charge in [-0.15, -0.1) is 0 Å². The van der Waals surface area contributed by atoms with Gasteiger partial charge in [0, 0.05) is 0 Å². The van der Waals surface area contributed by atoms with Gasteiger partial charge in [-0.3, -0.25) is 9.59 Å². The molecule has 15 heteroatoms. The van der Waals surface area contributed by atoms with E-state index < -0.39 is 85.5 Å². The summed E-state index contributed by atoms with van der Waals surface area (Å²) in [5.74, 6) is -1.90. The molecule has 10 rings (SSSR count). The van der Waals surface area contributed by atoms with Gasteiger partial charge in [0.25, 0.3) is 0 Å². The lowest BCUT2D eigenvalue weighted by Gasteiger charge is -2.49. The largest absolute Gasteiger partial charge is 0.463 e. The third-order valence-electron chi connectivity index (χ3n) is 26.0. The smallest absolute Gasteiger partial charge is 0.311 e. The summed E-state index contributed by atoms with van der Waals surface area (Å²) >= 11 is 0. The molecule has 0 aromatic heterocycles. The fourth-order valence-corrected chi connectivity index (χ4v) is 18.2. The molecular weight excluding hydrogens is 1630 g/mol. The molecular formula is C116H162O15. The van der Waals surface area contributed by atoms with E-state index in [0.717, 1.165) is 134 Å². The monoisotopic (exact) mass is 1800 g/mol. The summed E-state index contributed by atoms with van der Waals surface area (Å²) in [6.45, 7) is 10.1. The number of hydrogen-bond donors (Lipinski definition) is 0. The van der Waals surface area contributed by atoms with Gasteiger partial charge in [0.05, 0.1) is 76.9 Å². The number of rotatable bonds is 72. The average Bonchev–Trinajstić information content (AvgIpc) is 0.768. The Labute approximate surface area is 788 Å². The van der Waals surface area contributed by atoms with E-state index in [4.69, 9.17) is 61.6 Å². The molecule has 2 heterocycles. The minimum Gasteiger partial charge on any atom is -0.463 e. The predicted molar refractivity (Wildman–Crippen MR) is 526 cm³/mol. The van der Waals surface area contributed by atoms with E-state index in [-0.39, 0.29) is 64.8 Å². The third-order valence-corrected chi connectivity index (χ3v) is 26.0.